The van der Waals surface area contributed by atoms with Crippen LogP contribution in [-0.2, 0) is 19.0 Å². The summed E-state index contributed by atoms with van der Waals surface area (Å²) in [6.45, 7) is 12.5. The molecule has 1 spiro atoms. The number of ether oxygens (including phenoxy) is 4. The normalized spacial score (nSPS) is 20.4. The SMILES string of the molecule is COCCCCN1C(=O)C2(CCOCC2)Oc2cc(Br)c(C(=O)N(C(C)C)[C@@H]3CCCN(C(=O)OC(C)(C)C)C3)cc21. The fraction of sp³-hybridized carbons (Fsp3) is 0.710. The van der Waals surface area contributed by atoms with E-state index in [0.717, 1.165) is 25.7 Å². The number of anilines is 1. The molecule has 3 heterocycles. The second-order valence-corrected chi connectivity index (χ2v) is 13.5. The number of benzene rings is 1. The third-order valence-electron chi connectivity index (χ3n) is 8.02. The maximum absolute atomic E-state index is 14.3. The number of amides is 3. The Bertz CT molecular complexity index is 1150. The molecule has 1 aromatic rings. The standard InChI is InChI=1S/C31H46BrN3O7/c1-21(2)35(22-10-9-13-33(20-22)29(38)42-30(3,4)5)27(36)23-18-25-26(19-24(23)32)41-31(11-16-40-17-12-31)28(37)34(25)14-7-8-15-39-6/h18-19,21-22H,7-17,20H2,1-6H3/t22-/m1/s1. The molecule has 0 radical (unpaired) electrons. The summed E-state index contributed by atoms with van der Waals surface area (Å²) < 4.78 is 23.4. The highest BCUT2D eigenvalue weighted by atomic mass is 79.9. The molecule has 4 rings (SSSR count). The Morgan fingerprint density at radius 2 is 1.90 bits per heavy atom. The van der Waals surface area contributed by atoms with Gasteiger partial charge in [-0.1, -0.05) is 0 Å². The minimum Gasteiger partial charge on any atom is -0.475 e. The molecule has 3 aliphatic heterocycles. The molecule has 42 heavy (non-hydrogen) atoms. The van der Waals surface area contributed by atoms with Crippen LogP contribution in [0.3, 0.4) is 0 Å². The summed E-state index contributed by atoms with van der Waals surface area (Å²) in [5.74, 6) is 0.336. The van der Waals surface area contributed by atoms with E-state index in [2.05, 4.69) is 15.9 Å². The van der Waals surface area contributed by atoms with E-state index in [1.807, 2.05) is 45.6 Å². The summed E-state index contributed by atoms with van der Waals surface area (Å²) in [6, 6.07) is 3.32. The molecule has 0 aliphatic carbocycles. The molecule has 1 atom stereocenters. The number of piperidine rings is 1. The van der Waals surface area contributed by atoms with Gasteiger partial charge in [0.25, 0.3) is 11.8 Å². The number of halogens is 1. The number of carbonyl (C=O) groups is 3. The van der Waals surface area contributed by atoms with Crippen LogP contribution < -0.4 is 9.64 Å². The Morgan fingerprint density at radius 3 is 2.55 bits per heavy atom. The lowest BCUT2D eigenvalue weighted by Crippen LogP contribution is -2.59. The second kappa shape index (κ2) is 13.5. The highest BCUT2D eigenvalue weighted by Crippen LogP contribution is 2.45. The molecule has 3 aliphatic rings. The van der Waals surface area contributed by atoms with Gasteiger partial charge in [-0.3, -0.25) is 9.59 Å². The van der Waals surface area contributed by atoms with Crippen molar-refractivity contribution in [2.45, 2.75) is 96.4 Å². The number of unbranched alkanes of at least 4 members (excludes halogenated alkanes) is 1. The highest BCUT2D eigenvalue weighted by molar-refractivity contribution is 9.10. The molecule has 2 saturated heterocycles. The minimum absolute atomic E-state index is 0.0857. The Morgan fingerprint density at radius 1 is 1.19 bits per heavy atom. The quantitative estimate of drug-likeness (QED) is 0.347. The maximum atomic E-state index is 14.3. The Hall–Kier alpha value is -2.37. The molecule has 2 fully saturated rings. The molecule has 0 unspecified atom stereocenters. The summed E-state index contributed by atoms with van der Waals surface area (Å²) >= 11 is 3.65. The molecule has 0 saturated carbocycles. The van der Waals surface area contributed by atoms with E-state index >= 15 is 0 Å². The van der Waals surface area contributed by atoms with Crippen LogP contribution in [0, 0.1) is 0 Å². The van der Waals surface area contributed by atoms with Crippen molar-refractivity contribution >= 4 is 39.5 Å². The molecule has 10 nitrogen and oxygen atoms in total. The highest BCUT2D eigenvalue weighted by Gasteiger charge is 2.49. The van der Waals surface area contributed by atoms with Crippen molar-refractivity contribution in [1.29, 1.82) is 0 Å². The summed E-state index contributed by atoms with van der Waals surface area (Å²) in [6.07, 6.45) is 3.72. The Kier molecular flexibility index (Phi) is 10.5. The zero-order valence-electron chi connectivity index (χ0n) is 25.9. The predicted octanol–water partition coefficient (Wildman–Crippen LogP) is 5.40. The first-order valence-corrected chi connectivity index (χ1v) is 15.9. The van der Waals surface area contributed by atoms with E-state index in [0.29, 0.717) is 73.8 Å². The van der Waals surface area contributed by atoms with Crippen LogP contribution in [0.5, 0.6) is 5.75 Å². The van der Waals surface area contributed by atoms with Gasteiger partial charge in [-0.25, -0.2) is 4.79 Å². The van der Waals surface area contributed by atoms with Gasteiger partial charge in [-0.15, -0.1) is 0 Å². The van der Waals surface area contributed by atoms with E-state index in [1.54, 1.807) is 23.0 Å². The average molecular weight is 653 g/mol. The zero-order chi connectivity index (χ0) is 30.7. The topological polar surface area (TPSA) is 97.8 Å². The fourth-order valence-corrected chi connectivity index (χ4v) is 6.49. The van der Waals surface area contributed by atoms with Crippen LogP contribution in [0.1, 0.15) is 83.5 Å². The van der Waals surface area contributed by atoms with Gasteiger partial charge >= 0.3 is 6.09 Å². The number of nitrogens with zero attached hydrogens (tertiary/aromatic N) is 3. The van der Waals surface area contributed by atoms with E-state index in [-0.39, 0.29) is 30.0 Å². The number of hydrogen-bond acceptors (Lipinski definition) is 7. The number of likely N-dealkylation sites (tertiary alicyclic amines) is 1. The number of hydrogen-bond donors (Lipinski definition) is 0. The number of carbonyl (C=O) groups excluding carboxylic acids is 3. The van der Waals surface area contributed by atoms with Crippen molar-refractivity contribution in [3.63, 3.8) is 0 Å². The third-order valence-corrected chi connectivity index (χ3v) is 8.68. The average Bonchev–Trinajstić information content (AvgIpc) is 2.92. The summed E-state index contributed by atoms with van der Waals surface area (Å²) in [5, 5.41) is 0. The van der Waals surface area contributed by atoms with Crippen molar-refractivity contribution < 1.29 is 33.3 Å². The lowest BCUT2D eigenvalue weighted by Gasteiger charge is -2.45. The monoisotopic (exact) mass is 651 g/mol. The summed E-state index contributed by atoms with van der Waals surface area (Å²) in [7, 11) is 1.67. The lowest BCUT2D eigenvalue weighted by molar-refractivity contribution is -0.144. The van der Waals surface area contributed by atoms with Gasteiger partial charge in [0.05, 0.1) is 30.5 Å². The number of methoxy groups -OCH3 is 1. The lowest BCUT2D eigenvalue weighted by atomic mass is 9.89. The summed E-state index contributed by atoms with van der Waals surface area (Å²) in [4.78, 5) is 46.4. The van der Waals surface area contributed by atoms with E-state index in [4.69, 9.17) is 18.9 Å². The molecule has 3 amide bonds. The molecule has 1 aromatic carbocycles. The van der Waals surface area contributed by atoms with Gasteiger partial charge in [0, 0.05) is 56.7 Å². The van der Waals surface area contributed by atoms with Crippen LogP contribution in [0.4, 0.5) is 10.5 Å². The molecule has 0 aromatic heterocycles. The molecular weight excluding hydrogens is 606 g/mol. The van der Waals surface area contributed by atoms with Gasteiger partial charge in [0.1, 0.15) is 11.4 Å². The number of rotatable bonds is 8. The first-order valence-electron chi connectivity index (χ1n) is 15.1. The van der Waals surface area contributed by atoms with Crippen molar-refractivity contribution in [3.8, 4) is 5.75 Å². The Labute approximate surface area is 258 Å². The van der Waals surface area contributed by atoms with Crippen molar-refractivity contribution in [2.75, 3.05) is 51.5 Å². The van der Waals surface area contributed by atoms with Crippen molar-refractivity contribution in [2.24, 2.45) is 0 Å². The second-order valence-electron chi connectivity index (χ2n) is 12.7. The van der Waals surface area contributed by atoms with Gasteiger partial charge < -0.3 is 33.6 Å². The zero-order valence-corrected chi connectivity index (χ0v) is 27.5. The first-order chi connectivity index (χ1) is 19.9. The van der Waals surface area contributed by atoms with Crippen molar-refractivity contribution in [1.82, 2.24) is 9.80 Å². The van der Waals surface area contributed by atoms with Gasteiger partial charge in [0.2, 0.25) is 0 Å². The fourth-order valence-electron chi connectivity index (χ4n) is 6.00. The Balaban J connectivity index is 1.64. The van der Waals surface area contributed by atoms with E-state index < -0.39 is 11.2 Å². The van der Waals surface area contributed by atoms with Crippen LogP contribution in [0.25, 0.3) is 0 Å². The van der Waals surface area contributed by atoms with Gasteiger partial charge in [0.15, 0.2) is 5.60 Å². The smallest absolute Gasteiger partial charge is 0.410 e. The van der Waals surface area contributed by atoms with Crippen LogP contribution >= 0.6 is 15.9 Å². The molecule has 234 valence electrons. The molecular formula is C31H46BrN3O7. The number of fused-ring (bicyclic) bond motifs is 1. The van der Waals surface area contributed by atoms with Crippen LogP contribution in [-0.4, -0.2) is 97.6 Å². The van der Waals surface area contributed by atoms with Crippen molar-refractivity contribution in [3.05, 3.63) is 22.2 Å². The van der Waals surface area contributed by atoms with Gasteiger partial charge in [-0.2, -0.15) is 0 Å². The van der Waals surface area contributed by atoms with Crippen LogP contribution in [0.15, 0.2) is 16.6 Å². The third kappa shape index (κ3) is 7.22. The largest absolute Gasteiger partial charge is 0.475 e. The van der Waals surface area contributed by atoms with Gasteiger partial charge in [-0.05, 0) is 88.4 Å². The van der Waals surface area contributed by atoms with Crippen LogP contribution in [0.2, 0.25) is 0 Å². The van der Waals surface area contributed by atoms with E-state index in [1.165, 1.54) is 0 Å². The molecule has 0 N–H and O–H groups in total. The maximum Gasteiger partial charge on any atom is 0.410 e. The first kappa shape index (κ1) is 32.5. The summed E-state index contributed by atoms with van der Waals surface area (Å²) in [5.41, 5.74) is -0.500. The van der Waals surface area contributed by atoms with E-state index in [9.17, 15) is 14.4 Å². The predicted molar refractivity (Wildman–Crippen MR) is 163 cm³/mol. The molecule has 11 heteroatoms. The minimum atomic E-state index is -0.964. The molecule has 0 bridgehead atoms.